The van der Waals surface area contributed by atoms with Gasteiger partial charge < -0.3 is 5.73 Å². The highest BCUT2D eigenvalue weighted by molar-refractivity contribution is 6.00. The fourth-order valence-electron chi connectivity index (χ4n) is 4.25. The average Bonchev–Trinajstić information content (AvgIpc) is 3.04. The molecule has 2 aliphatic carbocycles. The summed E-state index contributed by atoms with van der Waals surface area (Å²) in [5.41, 5.74) is 7.71. The third-order valence-electron chi connectivity index (χ3n) is 5.59. The van der Waals surface area contributed by atoms with Crippen LogP contribution in [-0.2, 0) is 16.6 Å². The molecular weight excluding hydrogens is 328 g/mol. The van der Waals surface area contributed by atoms with Gasteiger partial charge in [-0.1, -0.05) is 31.2 Å². The minimum Gasteiger partial charge on any atom is -0.363 e. The van der Waals surface area contributed by atoms with E-state index in [-0.39, 0.29) is 23.1 Å². The van der Waals surface area contributed by atoms with E-state index in [1.807, 2.05) is 47.9 Å². The van der Waals surface area contributed by atoms with Gasteiger partial charge in [-0.25, -0.2) is 4.98 Å². The molecule has 1 heterocycles. The lowest BCUT2D eigenvalue weighted by Crippen LogP contribution is -2.40. The van der Waals surface area contributed by atoms with Gasteiger partial charge in [0.2, 0.25) is 5.82 Å². The monoisotopic (exact) mass is 346 g/mol. The van der Waals surface area contributed by atoms with Gasteiger partial charge in [0, 0.05) is 23.2 Å². The van der Waals surface area contributed by atoms with Crippen LogP contribution in [0, 0.1) is 17.2 Å². The number of ketones is 1. The van der Waals surface area contributed by atoms with Crippen LogP contribution in [0.4, 0.5) is 0 Å². The molecule has 0 aliphatic heterocycles. The normalized spacial score (nSPS) is 24.2. The number of carbonyl (C=O) groups is 2. The minimum atomic E-state index is -0.597. The number of imidazole rings is 1. The number of aromatic nitrogens is 2. The number of rotatable bonds is 2. The van der Waals surface area contributed by atoms with Crippen LogP contribution in [0.1, 0.15) is 41.8 Å². The van der Waals surface area contributed by atoms with E-state index in [1.165, 1.54) is 0 Å². The number of fused-ring (bicyclic) bond motifs is 3. The van der Waals surface area contributed by atoms with Gasteiger partial charge >= 0.3 is 0 Å². The largest absolute Gasteiger partial charge is 0.363 e. The molecule has 0 saturated carbocycles. The summed E-state index contributed by atoms with van der Waals surface area (Å²) in [5.74, 6) is -0.456. The molecule has 6 heteroatoms. The van der Waals surface area contributed by atoms with Crippen molar-refractivity contribution in [3.8, 4) is 11.8 Å². The number of hydrogen-bond acceptors (Lipinski definition) is 4. The summed E-state index contributed by atoms with van der Waals surface area (Å²) in [7, 11) is 0. The van der Waals surface area contributed by atoms with Crippen molar-refractivity contribution in [1.29, 1.82) is 5.26 Å². The predicted molar refractivity (Wildman–Crippen MR) is 94.6 cm³/mol. The molecule has 1 aromatic carbocycles. The Balaban J connectivity index is 1.98. The second-order valence-corrected chi connectivity index (χ2v) is 7.08. The molecule has 0 radical (unpaired) electrons. The quantitative estimate of drug-likeness (QED) is 0.900. The van der Waals surface area contributed by atoms with Gasteiger partial charge in [0.25, 0.3) is 5.91 Å². The molecule has 0 saturated heterocycles. The zero-order valence-corrected chi connectivity index (χ0v) is 14.4. The zero-order valence-electron chi connectivity index (χ0n) is 14.4. The van der Waals surface area contributed by atoms with Crippen LogP contribution < -0.4 is 5.73 Å². The van der Waals surface area contributed by atoms with Crippen molar-refractivity contribution in [3.63, 3.8) is 0 Å². The topological polar surface area (TPSA) is 102 Å². The second-order valence-electron chi connectivity index (χ2n) is 7.08. The smallest absolute Gasteiger partial charge is 0.285 e. The van der Waals surface area contributed by atoms with Crippen molar-refractivity contribution in [2.24, 2.45) is 11.7 Å². The standard InChI is InChI=1S/C20H18N4O2/c1-20-10-12(11-21)16(25)9-13(20)7-8-15-17(20)23-19(18(22)26)24(15)14-5-3-2-4-6-14/h2-6,10,13H,7-9H2,1H3,(H2,22,26). The van der Waals surface area contributed by atoms with Crippen LogP contribution in [0.5, 0.6) is 0 Å². The van der Waals surface area contributed by atoms with Gasteiger partial charge in [-0.3, -0.25) is 14.2 Å². The number of para-hydroxylation sites is 1. The molecule has 6 nitrogen and oxygen atoms in total. The van der Waals surface area contributed by atoms with Gasteiger partial charge in [0.15, 0.2) is 5.78 Å². The number of carbonyl (C=O) groups excluding carboxylic acids is 2. The van der Waals surface area contributed by atoms with Gasteiger partial charge in [-0.05, 0) is 30.9 Å². The van der Waals surface area contributed by atoms with E-state index in [1.54, 1.807) is 6.08 Å². The highest BCUT2D eigenvalue weighted by Crippen LogP contribution is 2.47. The number of nitrogens with zero attached hydrogens (tertiary/aromatic N) is 3. The number of nitrogens with two attached hydrogens (primary N) is 1. The van der Waals surface area contributed by atoms with Crippen molar-refractivity contribution in [3.05, 3.63) is 59.2 Å². The van der Waals surface area contributed by atoms with Crippen molar-refractivity contribution in [1.82, 2.24) is 9.55 Å². The lowest BCUT2D eigenvalue weighted by molar-refractivity contribution is -0.117. The number of Topliss-reactive ketones (excluding diaryl/α,β-unsaturated/α-hetero) is 1. The molecule has 2 unspecified atom stereocenters. The van der Waals surface area contributed by atoms with E-state index in [4.69, 9.17) is 5.73 Å². The molecule has 2 N–H and O–H groups in total. The molecule has 0 bridgehead atoms. The van der Waals surface area contributed by atoms with Crippen LogP contribution in [0.25, 0.3) is 5.69 Å². The first-order chi connectivity index (χ1) is 12.5. The van der Waals surface area contributed by atoms with E-state index >= 15 is 0 Å². The number of benzene rings is 1. The Morgan fingerprint density at radius 2 is 2.12 bits per heavy atom. The van der Waals surface area contributed by atoms with Crippen molar-refractivity contribution < 1.29 is 9.59 Å². The summed E-state index contributed by atoms with van der Waals surface area (Å²) in [5, 5.41) is 9.30. The van der Waals surface area contributed by atoms with Gasteiger partial charge in [-0.15, -0.1) is 0 Å². The SMILES string of the molecule is CC12C=C(C#N)C(=O)CC1CCc1c2nc(C(N)=O)n1-c1ccccc1. The Bertz CT molecular complexity index is 997. The first kappa shape index (κ1) is 16.3. The first-order valence-electron chi connectivity index (χ1n) is 8.59. The molecule has 0 fully saturated rings. The van der Waals surface area contributed by atoms with Crippen LogP contribution in [-0.4, -0.2) is 21.2 Å². The number of hydrogen-bond donors (Lipinski definition) is 1. The number of allylic oxidation sites excluding steroid dienone is 2. The Labute approximate surface area is 150 Å². The highest BCUT2D eigenvalue weighted by atomic mass is 16.1. The summed E-state index contributed by atoms with van der Waals surface area (Å²) >= 11 is 0. The molecule has 130 valence electrons. The summed E-state index contributed by atoms with van der Waals surface area (Å²) in [6.07, 6.45) is 3.56. The Morgan fingerprint density at radius 1 is 1.38 bits per heavy atom. The highest BCUT2D eigenvalue weighted by Gasteiger charge is 2.47. The summed E-state index contributed by atoms with van der Waals surface area (Å²) in [6.45, 7) is 1.99. The predicted octanol–water partition coefficient (Wildman–Crippen LogP) is 2.21. The lowest BCUT2D eigenvalue weighted by atomic mass is 9.62. The van der Waals surface area contributed by atoms with E-state index in [2.05, 4.69) is 4.98 Å². The Kier molecular flexibility index (Phi) is 3.55. The third kappa shape index (κ3) is 2.21. The van der Waals surface area contributed by atoms with E-state index in [0.717, 1.165) is 23.5 Å². The molecule has 1 amide bonds. The molecular formula is C20H18N4O2. The Morgan fingerprint density at radius 3 is 2.77 bits per heavy atom. The maximum absolute atomic E-state index is 12.1. The van der Waals surface area contributed by atoms with E-state index in [0.29, 0.717) is 12.8 Å². The minimum absolute atomic E-state index is 0.0689. The van der Waals surface area contributed by atoms with Gasteiger partial charge in [-0.2, -0.15) is 5.26 Å². The maximum Gasteiger partial charge on any atom is 0.285 e. The van der Waals surface area contributed by atoms with Gasteiger partial charge in [0.05, 0.1) is 11.3 Å². The zero-order chi connectivity index (χ0) is 18.5. The van der Waals surface area contributed by atoms with Crippen LogP contribution >= 0.6 is 0 Å². The molecule has 2 aliphatic rings. The Hall–Kier alpha value is -3.20. The molecule has 26 heavy (non-hydrogen) atoms. The first-order valence-corrected chi connectivity index (χ1v) is 8.59. The van der Waals surface area contributed by atoms with Crippen LogP contribution in [0.15, 0.2) is 42.0 Å². The second kappa shape index (κ2) is 5.67. The van der Waals surface area contributed by atoms with Gasteiger partial charge in [0.1, 0.15) is 6.07 Å². The third-order valence-corrected chi connectivity index (χ3v) is 5.59. The van der Waals surface area contributed by atoms with Crippen molar-refractivity contribution in [2.75, 3.05) is 0 Å². The molecule has 2 atom stereocenters. The summed E-state index contributed by atoms with van der Waals surface area (Å²) < 4.78 is 1.81. The number of amides is 1. The van der Waals surface area contributed by atoms with E-state index < -0.39 is 11.3 Å². The number of primary amides is 1. The molecule has 2 aromatic rings. The fourth-order valence-corrected chi connectivity index (χ4v) is 4.25. The molecule has 0 spiro atoms. The van der Waals surface area contributed by atoms with E-state index in [9.17, 15) is 14.9 Å². The lowest BCUT2D eigenvalue weighted by Gasteiger charge is -2.41. The van der Waals surface area contributed by atoms with Crippen LogP contribution in [0.3, 0.4) is 0 Å². The average molecular weight is 346 g/mol. The molecule has 1 aromatic heterocycles. The maximum atomic E-state index is 12.1. The van der Waals surface area contributed by atoms with Crippen molar-refractivity contribution in [2.45, 2.75) is 31.6 Å². The fraction of sp³-hybridized carbons (Fsp3) is 0.300. The van der Waals surface area contributed by atoms with Crippen molar-refractivity contribution >= 4 is 11.7 Å². The van der Waals surface area contributed by atoms with Crippen LogP contribution in [0.2, 0.25) is 0 Å². The summed E-state index contributed by atoms with van der Waals surface area (Å²) in [6, 6.07) is 11.5. The summed E-state index contributed by atoms with van der Waals surface area (Å²) in [4.78, 5) is 28.8. The molecule has 4 rings (SSSR count). The number of nitriles is 1.